The molecule has 194 valence electrons. The van der Waals surface area contributed by atoms with Crippen molar-refractivity contribution in [3.63, 3.8) is 0 Å². The second-order valence-electron chi connectivity index (χ2n) is 11.7. The van der Waals surface area contributed by atoms with E-state index in [1.165, 1.54) is 6.07 Å². The van der Waals surface area contributed by atoms with E-state index in [-0.39, 0.29) is 23.5 Å². The maximum absolute atomic E-state index is 15.3. The third-order valence-electron chi connectivity index (χ3n) is 7.75. The number of nitrogens with zero attached hydrogens (tertiary/aromatic N) is 6. The van der Waals surface area contributed by atoms with Gasteiger partial charge in [0.1, 0.15) is 11.1 Å². The first-order chi connectivity index (χ1) is 17.5. The number of amides is 1. The number of ether oxygens (including phenoxy) is 1. The van der Waals surface area contributed by atoms with Gasteiger partial charge < -0.3 is 9.64 Å². The van der Waals surface area contributed by atoms with E-state index >= 15 is 4.39 Å². The van der Waals surface area contributed by atoms with Crippen LogP contribution >= 0.6 is 0 Å². The maximum Gasteiger partial charge on any atom is 0.410 e. The Morgan fingerprint density at radius 2 is 1.92 bits per heavy atom. The highest BCUT2D eigenvalue weighted by molar-refractivity contribution is 5.84. The second kappa shape index (κ2) is 8.26. The molecule has 0 bridgehead atoms. The first-order valence-corrected chi connectivity index (χ1v) is 13.0. The van der Waals surface area contributed by atoms with Crippen molar-refractivity contribution >= 4 is 22.6 Å². The zero-order chi connectivity index (χ0) is 26.1. The minimum atomic E-state index is -0.525. The fourth-order valence-corrected chi connectivity index (χ4v) is 5.88. The highest BCUT2D eigenvalue weighted by atomic mass is 19.1. The van der Waals surface area contributed by atoms with E-state index in [2.05, 4.69) is 15.2 Å². The van der Waals surface area contributed by atoms with Crippen molar-refractivity contribution in [1.82, 2.24) is 29.3 Å². The largest absolute Gasteiger partial charge is 0.444 e. The summed E-state index contributed by atoms with van der Waals surface area (Å²) in [5, 5.41) is 10.1. The number of hydrogen-bond donors (Lipinski definition) is 0. The van der Waals surface area contributed by atoms with Crippen molar-refractivity contribution < 1.29 is 13.9 Å². The van der Waals surface area contributed by atoms with Crippen LogP contribution < -0.4 is 0 Å². The predicted octanol–water partition coefficient (Wildman–Crippen LogP) is 6.00. The van der Waals surface area contributed by atoms with Gasteiger partial charge in [-0.2, -0.15) is 10.2 Å². The number of hydrogen-bond acceptors (Lipinski definition) is 5. The summed E-state index contributed by atoms with van der Waals surface area (Å²) in [4.78, 5) is 19.4. The zero-order valence-corrected chi connectivity index (χ0v) is 22.1. The van der Waals surface area contributed by atoms with Gasteiger partial charge in [0.15, 0.2) is 11.5 Å². The molecule has 37 heavy (non-hydrogen) atoms. The summed E-state index contributed by atoms with van der Waals surface area (Å²) in [6, 6.07) is 5.50. The topological polar surface area (TPSA) is 77.6 Å². The molecule has 4 aromatic rings. The lowest BCUT2D eigenvalue weighted by atomic mass is 9.69. The van der Waals surface area contributed by atoms with Gasteiger partial charge in [0.05, 0.1) is 23.6 Å². The van der Waals surface area contributed by atoms with E-state index in [0.717, 1.165) is 54.4 Å². The molecule has 1 spiro atoms. The minimum Gasteiger partial charge on any atom is -0.444 e. The monoisotopic (exact) mass is 504 g/mol. The molecule has 6 rings (SSSR count). The fourth-order valence-electron chi connectivity index (χ4n) is 5.88. The number of carbonyl (C=O) groups excluding carboxylic acids is 1. The van der Waals surface area contributed by atoms with E-state index in [0.29, 0.717) is 23.3 Å². The first-order valence-electron chi connectivity index (χ1n) is 13.0. The molecule has 2 aliphatic rings. The first kappa shape index (κ1) is 23.9. The summed E-state index contributed by atoms with van der Waals surface area (Å²) in [6.07, 6.45) is 8.14. The van der Waals surface area contributed by atoms with Crippen molar-refractivity contribution in [3.8, 4) is 11.3 Å². The molecule has 8 nitrogen and oxygen atoms in total. The summed E-state index contributed by atoms with van der Waals surface area (Å²) >= 11 is 0. The van der Waals surface area contributed by atoms with Crippen LogP contribution in [0.1, 0.15) is 70.2 Å². The predicted molar refractivity (Wildman–Crippen MR) is 139 cm³/mol. The van der Waals surface area contributed by atoms with Crippen molar-refractivity contribution in [3.05, 3.63) is 47.7 Å². The van der Waals surface area contributed by atoms with Crippen LogP contribution in [0.3, 0.4) is 0 Å². The molecule has 4 heterocycles. The van der Waals surface area contributed by atoms with Crippen LogP contribution in [-0.4, -0.2) is 53.1 Å². The van der Waals surface area contributed by atoms with Crippen LogP contribution in [-0.2, 0) is 4.74 Å². The Bertz CT molecular complexity index is 1530. The highest BCUT2D eigenvalue weighted by Crippen LogP contribution is 2.48. The Balaban J connectivity index is 1.30. The van der Waals surface area contributed by atoms with Gasteiger partial charge in [-0.3, -0.25) is 4.68 Å². The van der Waals surface area contributed by atoms with E-state index in [1.54, 1.807) is 4.52 Å². The number of imidazole rings is 1. The van der Waals surface area contributed by atoms with Gasteiger partial charge in [-0.25, -0.2) is 18.7 Å². The number of benzene rings is 1. The van der Waals surface area contributed by atoms with E-state index in [4.69, 9.17) is 4.74 Å². The van der Waals surface area contributed by atoms with Gasteiger partial charge in [0.25, 0.3) is 0 Å². The highest BCUT2D eigenvalue weighted by Gasteiger charge is 2.50. The normalized spacial score (nSPS) is 19.5. The molecular formula is C28H33FN6O2. The fraction of sp³-hybridized carbons (Fsp3) is 0.500. The smallest absolute Gasteiger partial charge is 0.410 e. The number of fused-ring (bicyclic) bond motifs is 2. The van der Waals surface area contributed by atoms with Crippen LogP contribution in [0.2, 0.25) is 0 Å². The van der Waals surface area contributed by atoms with Crippen LogP contribution in [0.5, 0.6) is 0 Å². The Labute approximate surface area is 215 Å². The average Bonchev–Trinajstić information content (AvgIpc) is 3.40. The summed E-state index contributed by atoms with van der Waals surface area (Å²) in [5.74, 6) is -0.364. The number of rotatable bonds is 2. The standard InChI is InChI=1S/C28H33FN6O2/c1-17-11-23(31-35-15-18(2)30-25(17)35)19-12-20-16-34(32-24(20)22(29)13-19)21-7-10-33(26(36)37-27(3,4)5)28(14-21)8-6-9-28/h11-13,15-16,21H,6-10,14H2,1-5H3. The molecule has 2 fully saturated rings. The zero-order valence-electron chi connectivity index (χ0n) is 22.1. The second-order valence-corrected chi connectivity index (χ2v) is 11.7. The molecule has 1 atom stereocenters. The van der Waals surface area contributed by atoms with Crippen LogP contribution in [0.4, 0.5) is 9.18 Å². The van der Waals surface area contributed by atoms with Gasteiger partial charge >= 0.3 is 6.09 Å². The molecule has 1 aromatic carbocycles. The summed E-state index contributed by atoms with van der Waals surface area (Å²) < 4.78 is 24.7. The molecule has 1 saturated carbocycles. The number of likely N-dealkylation sites (tertiary alicyclic amines) is 1. The molecule has 1 unspecified atom stereocenters. The maximum atomic E-state index is 15.3. The third kappa shape index (κ3) is 4.14. The van der Waals surface area contributed by atoms with E-state index in [1.807, 2.05) is 68.7 Å². The lowest BCUT2D eigenvalue weighted by molar-refractivity contribution is -0.0540. The van der Waals surface area contributed by atoms with E-state index in [9.17, 15) is 4.79 Å². The van der Waals surface area contributed by atoms with Gasteiger partial charge in [-0.05, 0) is 90.5 Å². The molecule has 1 saturated heterocycles. The molecule has 9 heteroatoms. The Morgan fingerprint density at radius 1 is 1.14 bits per heavy atom. The van der Waals surface area contributed by atoms with Gasteiger partial charge in [0.2, 0.25) is 0 Å². The third-order valence-corrected chi connectivity index (χ3v) is 7.75. The van der Waals surface area contributed by atoms with Crippen molar-refractivity contribution in [2.45, 2.75) is 83.9 Å². The number of aryl methyl sites for hydroxylation is 2. The Hall–Kier alpha value is -3.49. The minimum absolute atomic E-state index is 0.0971. The lowest BCUT2D eigenvalue weighted by Crippen LogP contribution is -2.61. The SMILES string of the molecule is Cc1cn2nc(-c3cc(F)c4nn(C5CCN(C(=O)OC(C)(C)C)C6(CCC6)C5)cc4c3)cc(C)c2n1. The molecule has 1 aliphatic heterocycles. The van der Waals surface area contributed by atoms with Crippen molar-refractivity contribution in [2.75, 3.05) is 6.54 Å². The molecule has 0 radical (unpaired) electrons. The van der Waals surface area contributed by atoms with E-state index < -0.39 is 5.60 Å². The number of piperidine rings is 1. The van der Waals surface area contributed by atoms with Crippen LogP contribution in [0.15, 0.2) is 30.6 Å². The molecular weight excluding hydrogens is 471 g/mol. The Morgan fingerprint density at radius 3 is 2.62 bits per heavy atom. The quantitative estimate of drug-likeness (QED) is 0.335. The number of halogens is 1. The molecule has 3 aromatic heterocycles. The van der Waals surface area contributed by atoms with Gasteiger partial charge in [-0.1, -0.05) is 0 Å². The van der Waals surface area contributed by atoms with Gasteiger partial charge in [-0.15, -0.1) is 0 Å². The molecule has 1 amide bonds. The average molecular weight is 505 g/mol. The van der Waals surface area contributed by atoms with Crippen LogP contribution in [0, 0.1) is 19.7 Å². The number of carbonyl (C=O) groups is 1. The number of aromatic nitrogens is 5. The lowest BCUT2D eigenvalue weighted by Gasteiger charge is -2.54. The summed E-state index contributed by atoms with van der Waals surface area (Å²) in [5.41, 5.74) is 3.70. The van der Waals surface area contributed by atoms with Crippen molar-refractivity contribution in [2.24, 2.45) is 0 Å². The summed E-state index contributed by atoms with van der Waals surface area (Å²) in [6.45, 7) is 10.2. The molecule has 0 N–H and O–H groups in total. The summed E-state index contributed by atoms with van der Waals surface area (Å²) in [7, 11) is 0. The molecule has 1 aliphatic carbocycles. The van der Waals surface area contributed by atoms with Crippen LogP contribution in [0.25, 0.3) is 27.8 Å². The van der Waals surface area contributed by atoms with Gasteiger partial charge in [0, 0.05) is 29.2 Å². The Kier molecular flexibility index (Phi) is 5.33. The van der Waals surface area contributed by atoms with Crippen molar-refractivity contribution in [1.29, 1.82) is 0 Å².